The summed E-state index contributed by atoms with van der Waals surface area (Å²) in [5, 5.41) is 9.04. The van der Waals surface area contributed by atoms with Gasteiger partial charge in [0.25, 0.3) is 5.56 Å². The molecule has 0 spiro atoms. The van der Waals surface area contributed by atoms with Crippen molar-refractivity contribution in [1.29, 1.82) is 0 Å². The first-order valence-electron chi connectivity index (χ1n) is 11.1. The number of hydrogen-bond donors (Lipinski definition) is 1. The molecule has 166 valence electrons. The molecule has 1 amide bonds. The Labute approximate surface area is 187 Å². The van der Waals surface area contributed by atoms with Crippen molar-refractivity contribution in [3.8, 4) is 0 Å². The number of amides is 1. The Morgan fingerprint density at radius 1 is 1.09 bits per heavy atom. The van der Waals surface area contributed by atoms with Crippen molar-refractivity contribution in [1.82, 2.24) is 19.7 Å². The summed E-state index contributed by atoms with van der Waals surface area (Å²) in [7, 11) is 0. The first-order chi connectivity index (χ1) is 15.3. The van der Waals surface area contributed by atoms with Gasteiger partial charge < -0.3 is 9.88 Å². The highest BCUT2D eigenvalue weighted by molar-refractivity contribution is 6.07. The lowest BCUT2D eigenvalue weighted by Gasteiger charge is -2.15. The summed E-state index contributed by atoms with van der Waals surface area (Å²) >= 11 is 0. The second-order valence-corrected chi connectivity index (χ2v) is 8.73. The van der Waals surface area contributed by atoms with Crippen LogP contribution in [0.1, 0.15) is 42.5 Å². The molecule has 0 aliphatic rings. The number of nitrogens with zero attached hydrogens (tertiary/aromatic N) is 3. The monoisotopic (exact) mass is 430 g/mol. The van der Waals surface area contributed by atoms with E-state index in [4.69, 9.17) is 0 Å². The number of fused-ring (bicyclic) bond motifs is 3. The fourth-order valence-corrected chi connectivity index (χ4v) is 4.45. The Balaban J connectivity index is 1.87. The van der Waals surface area contributed by atoms with Gasteiger partial charge in [-0.15, -0.1) is 0 Å². The van der Waals surface area contributed by atoms with E-state index < -0.39 is 0 Å². The maximum Gasteiger partial charge on any atom is 0.291 e. The minimum Gasteiger partial charge on any atom is -0.352 e. The van der Waals surface area contributed by atoms with E-state index in [0.717, 1.165) is 22.7 Å². The van der Waals surface area contributed by atoms with Gasteiger partial charge in [0, 0.05) is 28.9 Å². The van der Waals surface area contributed by atoms with Crippen LogP contribution in [-0.2, 0) is 17.9 Å². The van der Waals surface area contributed by atoms with Crippen molar-refractivity contribution in [3.05, 3.63) is 75.2 Å². The smallest absolute Gasteiger partial charge is 0.291 e. The first kappa shape index (κ1) is 21.8. The van der Waals surface area contributed by atoms with Crippen molar-refractivity contribution in [2.24, 2.45) is 0 Å². The van der Waals surface area contributed by atoms with Gasteiger partial charge in [0.1, 0.15) is 12.1 Å². The maximum absolute atomic E-state index is 13.5. The van der Waals surface area contributed by atoms with E-state index in [0.29, 0.717) is 12.1 Å². The van der Waals surface area contributed by atoms with E-state index in [-0.39, 0.29) is 24.1 Å². The van der Waals surface area contributed by atoms with Crippen LogP contribution >= 0.6 is 0 Å². The predicted molar refractivity (Wildman–Crippen MR) is 129 cm³/mol. The molecule has 2 aromatic heterocycles. The van der Waals surface area contributed by atoms with Gasteiger partial charge in [-0.25, -0.2) is 4.68 Å². The van der Waals surface area contributed by atoms with Crippen molar-refractivity contribution >= 4 is 27.7 Å². The molecule has 4 rings (SSSR count). The lowest BCUT2D eigenvalue weighted by atomic mass is 10.00. The number of nitrogens with one attached hydrogen (secondary N) is 1. The van der Waals surface area contributed by atoms with Crippen LogP contribution in [0, 0.1) is 20.8 Å². The zero-order valence-corrected chi connectivity index (χ0v) is 19.4. The van der Waals surface area contributed by atoms with Gasteiger partial charge in [-0.2, -0.15) is 5.10 Å². The molecule has 6 heteroatoms. The topological polar surface area (TPSA) is 68.9 Å². The van der Waals surface area contributed by atoms with Gasteiger partial charge in [-0.3, -0.25) is 9.59 Å². The van der Waals surface area contributed by atoms with Crippen molar-refractivity contribution < 1.29 is 4.79 Å². The van der Waals surface area contributed by atoms with E-state index in [1.165, 1.54) is 26.9 Å². The fraction of sp³-hybridized carbons (Fsp3) is 0.346. The molecule has 0 aliphatic carbocycles. The number of benzene rings is 2. The van der Waals surface area contributed by atoms with Crippen LogP contribution in [0.2, 0.25) is 0 Å². The van der Waals surface area contributed by atoms with Crippen molar-refractivity contribution in [3.63, 3.8) is 0 Å². The molecule has 4 aromatic rings. The summed E-state index contributed by atoms with van der Waals surface area (Å²) in [6, 6.07) is 12.4. The van der Waals surface area contributed by atoms with Crippen LogP contribution in [0.3, 0.4) is 0 Å². The summed E-state index contributed by atoms with van der Waals surface area (Å²) in [5.41, 5.74) is 6.16. The molecular formula is C26H30N4O2. The van der Waals surface area contributed by atoms with Crippen LogP contribution < -0.4 is 10.9 Å². The molecule has 2 heterocycles. The second kappa shape index (κ2) is 8.61. The zero-order chi connectivity index (χ0) is 23.0. The molecule has 6 nitrogen and oxygen atoms in total. The molecule has 32 heavy (non-hydrogen) atoms. The first-order valence-corrected chi connectivity index (χ1v) is 11.1. The minimum absolute atomic E-state index is 0.0564. The number of carbonyl (C=O) groups is 1. The molecule has 1 unspecified atom stereocenters. The quantitative estimate of drug-likeness (QED) is 0.497. The Bertz CT molecular complexity index is 1360. The molecule has 0 saturated heterocycles. The molecular weight excluding hydrogens is 400 g/mol. The number of para-hydroxylation sites is 1. The van der Waals surface area contributed by atoms with Crippen LogP contribution in [0.5, 0.6) is 0 Å². The molecule has 1 N–H and O–H groups in total. The molecule has 0 fully saturated rings. The van der Waals surface area contributed by atoms with Gasteiger partial charge in [-0.05, 0) is 56.9 Å². The van der Waals surface area contributed by atoms with Crippen LogP contribution in [0.15, 0.2) is 47.4 Å². The average molecular weight is 431 g/mol. The Kier molecular flexibility index (Phi) is 5.87. The van der Waals surface area contributed by atoms with Gasteiger partial charge in [-0.1, -0.05) is 42.8 Å². The minimum atomic E-state index is -0.250. The summed E-state index contributed by atoms with van der Waals surface area (Å²) in [4.78, 5) is 25.9. The van der Waals surface area contributed by atoms with E-state index >= 15 is 0 Å². The Morgan fingerprint density at radius 3 is 2.47 bits per heavy atom. The van der Waals surface area contributed by atoms with Gasteiger partial charge in [0.05, 0.1) is 6.20 Å². The normalized spacial score (nSPS) is 12.4. The third kappa shape index (κ3) is 3.93. The van der Waals surface area contributed by atoms with Gasteiger partial charge in [0.2, 0.25) is 5.91 Å². The lowest BCUT2D eigenvalue weighted by Crippen LogP contribution is -2.38. The molecule has 1 atom stereocenters. The number of aromatic nitrogens is 3. The van der Waals surface area contributed by atoms with Crippen molar-refractivity contribution in [2.75, 3.05) is 0 Å². The number of hydrogen-bond acceptors (Lipinski definition) is 3. The summed E-state index contributed by atoms with van der Waals surface area (Å²) in [6.45, 7) is 10.8. The van der Waals surface area contributed by atoms with Crippen LogP contribution in [0.4, 0.5) is 0 Å². The lowest BCUT2D eigenvalue weighted by molar-refractivity contribution is -0.122. The average Bonchev–Trinajstić information content (AvgIpc) is 3.06. The Hall–Kier alpha value is -3.41. The van der Waals surface area contributed by atoms with Gasteiger partial charge in [0.15, 0.2) is 0 Å². The van der Waals surface area contributed by atoms with E-state index in [1.807, 2.05) is 38.1 Å². The molecule has 2 aromatic carbocycles. The largest absolute Gasteiger partial charge is 0.352 e. The number of aryl methyl sites for hydroxylation is 3. The number of carbonyl (C=O) groups excluding carboxylic acids is 1. The highest BCUT2D eigenvalue weighted by Crippen LogP contribution is 2.28. The standard InChI is InChI=1S/C26H30N4O2/c1-6-19(5)28-24(31)15-30-26(32)25-21(13-27-30)20-9-7-8-10-23(20)29(25)14-22-17(3)11-16(2)12-18(22)4/h7-13,19H,6,14-15H2,1-5H3,(H,28,31). The van der Waals surface area contributed by atoms with E-state index in [1.54, 1.807) is 6.20 Å². The predicted octanol–water partition coefficient (Wildman–Crippen LogP) is 4.24. The molecule has 0 bridgehead atoms. The summed E-state index contributed by atoms with van der Waals surface area (Å²) < 4.78 is 3.34. The summed E-state index contributed by atoms with van der Waals surface area (Å²) in [6.07, 6.45) is 2.54. The fourth-order valence-electron chi connectivity index (χ4n) is 4.45. The third-order valence-corrected chi connectivity index (χ3v) is 6.24. The van der Waals surface area contributed by atoms with E-state index in [2.05, 4.69) is 47.9 Å². The SMILES string of the molecule is CCC(C)NC(=O)Cn1ncc2c3ccccc3n(Cc3c(C)cc(C)cc3C)c2c1=O. The van der Waals surface area contributed by atoms with E-state index in [9.17, 15) is 9.59 Å². The zero-order valence-electron chi connectivity index (χ0n) is 19.4. The van der Waals surface area contributed by atoms with Crippen LogP contribution in [0.25, 0.3) is 21.8 Å². The second-order valence-electron chi connectivity index (χ2n) is 8.73. The maximum atomic E-state index is 13.5. The number of rotatable bonds is 6. The Morgan fingerprint density at radius 2 is 1.78 bits per heavy atom. The van der Waals surface area contributed by atoms with Crippen LogP contribution in [-0.4, -0.2) is 26.3 Å². The highest BCUT2D eigenvalue weighted by atomic mass is 16.2. The van der Waals surface area contributed by atoms with Crippen molar-refractivity contribution in [2.45, 2.75) is 60.2 Å². The van der Waals surface area contributed by atoms with Gasteiger partial charge >= 0.3 is 0 Å². The third-order valence-electron chi connectivity index (χ3n) is 6.24. The molecule has 0 aliphatic heterocycles. The highest BCUT2D eigenvalue weighted by Gasteiger charge is 2.18. The summed E-state index contributed by atoms with van der Waals surface area (Å²) in [5.74, 6) is -0.207. The molecule has 0 saturated carbocycles. The molecule has 0 radical (unpaired) electrons.